The number of halogens is 3. The maximum Gasteiger partial charge on any atom is 0.324 e. The number of carbonyl (C=O) groups excluding carboxylic acids is 2. The number of carbonyl (C=O) groups is 2. The molecule has 0 radical (unpaired) electrons. The molecule has 0 aliphatic carbocycles. The Kier molecular flexibility index (Phi) is 6.48. The average molecular weight is 521 g/mol. The van der Waals surface area contributed by atoms with Crippen LogP contribution in [0, 0.1) is 11.2 Å². The van der Waals surface area contributed by atoms with Crippen LogP contribution < -0.4 is 10.6 Å². The predicted molar refractivity (Wildman–Crippen MR) is 137 cm³/mol. The van der Waals surface area contributed by atoms with Crippen LogP contribution in [0.25, 0.3) is 0 Å². The number of hydrogen-bond acceptors (Lipinski definition) is 4. The van der Waals surface area contributed by atoms with Gasteiger partial charge in [-0.05, 0) is 61.9 Å². The molecular formula is C27H31Cl2FN2O3. The van der Waals surface area contributed by atoms with Gasteiger partial charge in [-0.15, -0.1) is 0 Å². The summed E-state index contributed by atoms with van der Waals surface area (Å²) >= 11 is 12.4. The van der Waals surface area contributed by atoms with Gasteiger partial charge in [-0.2, -0.15) is 0 Å². The van der Waals surface area contributed by atoms with Crippen LogP contribution >= 0.6 is 23.2 Å². The van der Waals surface area contributed by atoms with Gasteiger partial charge in [0.15, 0.2) is 0 Å². The number of esters is 1. The van der Waals surface area contributed by atoms with E-state index in [0.29, 0.717) is 22.7 Å². The summed E-state index contributed by atoms with van der Waals surface area (Å²) in [4.78, 5) is 27.6. The average Bonchev–Trinajstić information content (AvgIpc) is 3.17. The van der Waals surface area contributed by atoms with E-state index in [9.17, 15) is 9.59 Å². The summed E-state index contributed by atoms with van der Waals surface area (Å²) in [7, 11) is 0. The second-order valence-corrected chi connectivity index (χ2v) is 12.5. The Hall–Kier alpha value is -2.15. The molecule has 2 N–H and O–H groups in total. The van der Waals surface area contributed by atoms with Crippen molar-refractivity contribution in [3.63, 3.8) is 0 Å². The molecule has 2 aromatic carbocycles. The minimum atomic E-state index is -1.29. The fourth-order valence-electron chi connectivity index (χ4n) is 5.49. The molecule has 2 aliphatic heterocycles. The molecule has 1 amide bonds. The third-order valence-corrected chi connectivity index (χ3v) is 7.13. The summed E-state index contributed by atoms with van der Waals surface area (Å²) in [6.07, 6.45) is 0.542. The molecule has 0 saturated carbocycles. The summed E-state index contributed by atoms with van der Waals surface area (Å²) in [6, 6.07) is 8.38. The Morgan fingerprint density at radius 3 is 2.43 bits per heavy atom. The molecule has 8 heteroatoms. The molecule has 0 bridgehead atoms. The first-order valence-electron chi connectivity index (χ1n) is 11.7. The van der Waals surface area contributed by atoms with Crippen LogP contribution in [0.15, 0.2) is 36.4 Å². The lowest BCUT2D eigenvalue weighted by atomic mass is 9.62. The van der Waals surface area contributed by atoms with Crippen molar-refractivity contribution in [3.05, 3.63) is 63.4 Å². The minimum Gasteiger partial charge on any atom is -0.459 e. The molecule has 5 nitrogen and oxygen atoms in total. The largest absolute Gasteiger partial charge is 0.459 e. The van der Waals surface area contributed by atoms with Crippen molar-refractivity contribution >= 4 is 40.8 Å². The highest BCUT2D eigenvalue weighted by molar-refractivity contribution is 6.31. The van der Waals surface area contributed by atoms with Crippen molar-refractivity contribution in [2.75, 3.05) is 5.32 Å². The number of nitrogens with one attached hydrogen (secondary N) is 2. The first kappa shape index (κ1) is 25.9. The summed E-state index contributed by atoms with van der Waals surface area (Å²) in [6.45, 7) is 11.5. The van der Waals surface area contributed by atoms with Crippen molar-refractivity contribution in [2.24, 2.45) is 5.41 Å². The van der Waals surface area contributed by atoms with Crippen molar-refractivity contribution < 1.29 is 18.7 Å². The van der Waals surface area contributed by atoms with Crippen LogP contribution in [0.3, 0.4) is 0 Å². The number of rotatable bonds is 3. The highest BCUT2D eigenvalue weighted by Gasteiger charge is 2.66. The van der Waals surface area contributed by atoms with Gasteiger partial charge >= 0.3 is 5.97 Å². The van der Waals surface area contributed by atoms with Crippen molar-refractivity contribution in [1.29, 1.82) is 0 Å². The van der Waals surface area contributed by atoms with Crippen LogP contribution in [-0.4, -0.2) is 29.6 Å². The Bertz CT molecular complexity index is 1190. The topological polar surface area (TPSA) is 67.4 Å². The number of amides is 1. The number of benzene rings is 2. The first-order chi connectivity index (χ1) is 16.1. The number of fused-ring (bicyclic) bond motifs is 2. The lowest BCUT2D eigenvalue weighted by molar-refractivity contribution is -0.157. The molecule has 0 aromatic heterocycles. The van der Waals surface area contributed by atoms with E-state index in [4.69, 9.17) is 27.9 Å². The maximum atomic E-state index is 15.6. The Morgan fingerprint density at radius 1 is 1.11 bits per heavy atom. The second-order valence-electron chi connectivity index (χ2n) is 11.6. The normalized spacial score (nSPS) is 26.1. The van der Waals surface area contributed by atoms with Gasteiger partial charge in [0, 0.05) is 22.7 Å². The Labute approximate surface area is 215 Å². The van der Waals surface area contributed by atoms with Crippen molar-refractivity contribution in [1.82, 2.24) is 5.32 Å². The summed E-state index contributed by atoms with van der Waals surface area (Å²) in [5.41, 5.74) is -0.852. The smallest absolute Gasteiger partial charge is 0.324 e. The monoisotopic (exact) mass is 520 g/mol. The fourth-order valence-corrected chi connectivity index (χ4v) is 5.85. The van der Waals surface area contributed by atoms with Crippen LogP contribution in [0.2, 0.25) is 10.0 Å². The molecule has 4 atom stereocenters. The highest BCUT2D eigenvalue weighted by Crippen LogP contribution is 2.57. The number of ether oxygens (including phenoxy) is 1. The summed E-state index contributed by atoms with van der Waals surface area (Å²) in [5.74, 6) is -2.42. The molecule has 1 saturated heterocycles. The number of hydrogen-bond donors (Lipinski definition) is 2. The predicted octanol–water partition coefficient (Wildman–Crippen LogP) is 6.22. The van der Waals surface area contributed by atoms with Gasteiger partial charge in [0.25, 0.3) is 0 Å². The lowest BCUT2D eigenvalue weighted by Crippen LogP contribution is -2.49. The van der Waals surface area contributed by atoms with E-state index in [1.165, 1.54) is 6.07 Å². The van der Waals surface area contributed by atoms with Gasteiger partial charge in [0.1, 0.15) is 22.9 Å². The van der Waals surface area contributed by atoms with Gasteiger partial charge in [0.05, 0.1) is 5.02 Å². The lowest BCUT2D eigenvalue weighted by Gasteiger charge is -2.37. The van der Waals surface area contributed by atoms with Gasteiger partial charge in [-0.25, -0.2) is 4.39 Å². The zero-order valence-corrected chi connectivity index (χ0v) is 22.3. The maximum absolute atomic E-state index is 15.6. The molecule has 2 aromatic rings. The zero-order valence-electron chi connectivity index (χ0n) is 20.8. The molecular weight excluding hydrogens is 490 g/mol. The van der Waals surface area contributed by atoms with Crippen LogP contribution in [0.4, 0.5) is 10.1 Å². The highest BCUT2D eigenvalue weighted by atomic mass is 35.5. The summed E-state index contributed by atoms with van der Waals surface area (Å²) in [5, 5.41) is 6.75. The van der Waals surface area contributed by atoms with Crippen molar-refractivity contribution in [3.8, 4) is 0 Å². The Balaban J connectivity index is 2.01. The summed E-state index contributed by atoms with van der Waals surface area (Å²) < 4.78 is 21.4. The second kappa shape index (κ2) is 8.75. The molecule has 4 rings (SSSR count). The van der Waals surface area contributed by atoms with Crippen LogP contribution in [0.1, 0.15) is 65.0 Å². The molecule has 2 heterocycles. The van der Waals surface area contributed by atoms with Crippen molar-refractivity contribution in [2.45, 2.75) is 77.0 Å². The molecule has 1 fully saturated rings. The molecule has 1 spiro atoms. The standard InChI is InChI=1S/C27H31Cl2FN2O3/c1-25(2,3)13-19-27(16-11-10-14(28)12-18(16)31-24(27)34)20(15-8-7-9-17(29)21(15)30)22(32-19)23(33)35-26(4,5)6/h7-12,19-20,22,32H,13H2,1-6H3,(H,31,34)/t19?,20?,22-,27-/m1/s1. The number of anilines is 1. The van der Waals surface area contributed by atoms with Crippen LogP contribution in [0.5, 0.6) is 0 Å². The molecule has 188 valence electrons. The Morgan fingerprint density at radius 2 is 1.80 bits per heavy atom. The minimum absolute atomic E-state index is 0.0744. The van der Waals surface area contributed by atoms with E-state index < -0.39 is 40.8 Å². The van der Waals surface area contributed by atoms with Gasteiger partial charge in [-0.1, -0.05) is 62.2 Å². The van der Waals surface area contributed by atoms with Gasteiger partial charge < -0.3 is 10.1 Å². The zero-order chi connectivity index (χ0) is 25.9. The van der Waals surface area contributed by atoms with E-state index in [1.54, 1.807) is 51.1 Å². The first-order valence-corrected chi connectivity index (χ1v) is 12.4. The third kappa shape index (κ3) is 4.56. The van der Waals surface area contributed by atoms with E-state index in [2.05, 4.69) is 31.4 Å². The van der Waals surface area contributed by atoms with E-state index in [1.807, 2.05) is 0 Å². The fraction of sp³-hybridized carbons (Fsp3) is 0.481. The van der Waals surface area contributed by atoms with Crippen LogP contribution in [-0.2, 0) is 19.7 Å². The molecule has 2 unspecified atom stereocenters. The van der Waals surface area contributed by atoms with Gasteiger partial charge in [-0.3, -0.25) is 14.9 Å². The quantitative estimate of drug-likeness (QED) is 0.471. The van der Waals surface area contributed by atoms with E-state index in [0.717, 1.165) is 0 Å². The van der Waals surface area contributed by atoms with E-state index >= 15 is 4.39 Å². The molecule has 35 heavy (non-hydrogen) atoms. The van der Waals surface area contributed by atoms with E-state index in [-0.39, 0.29) is 21.9 Å². The SMILES string of the molecule is CC(C)(C)CC1N[C@@H](C(=O)OC(C)(C)C)C(c2cccc(Cl)c2F)[C@]12C(=O)Nc1cc(Cl)ccc12. The molecule has 2 aliphatic rings. The third-order valence-electron chi connectivity index (χ3n) is 6.60. The van der Waals surface area contributed by atoms with Gasteiger partial charge in [0.2, 0.25) is 5.91 Å².